The SMILES string of the molecule is N[C@@H]1C[C@@H](C(=O)N2CCN(c3cccc(C(F)(F)F)c3)CC2)N(Cc2cccnc2)C1. The Morgan fingerprint density at radius 2 is 1.90 bits per heavy atom. The van der Waals surface area contributed by atoms with Crippen LogP contribution in [0.3, 0.4) is 0 Å². The van der Waals surface area contributed by atoms with Crippen molar-refractivity contribution in [1.82, 2.24) is 14.8 Å². The lowest BCUT2D eigenvalue weighted by Gasteiger charge is -2.38. The molecule has 2 aliphatic heterocycles. The van der Waals surface area contributed by atoms with E-state index in [4.69, 9.17) is 5.73 Å². The standard InChI is InChI=1S/C22H26F3N5O/c23-22(24,25)17-4-1-5-19(11-17)28-7-9-29(10-8-28)21(31)20-12-18(26)15-30(20)14-16-3-2-6-27-13-16/h1-6,11,13,18,20H,7-10,12,14-15,26H2/t18-,20+/m1/s1. The van der Waals surface area contributed by atoms with Crippen LogP contribution in [0.2, 0.25) is 0 Å². The number of hydrogen-bond acceptors (Lipinski definition) is 5. The number of carbonyl (C=O) groups excluding carboxylic acids is 1. The predicted molar refractivity (Wildman–Crippen MR) is 111 cm³/mol. The molecule has 1 amide bonds. The second-order valence-electron chi connectivity index (χ2n) is 8.16. The number of alkyl halides is 3. The number of pyridine rings is 1. The van der Waals surface area contributed by atoms with Crippen molar-refractivity contribution in [1.29, 1.82) is 0 Å². The lowest BCUT2D eigenvalue weighted by Crippen LogP contribution is -2.53. The average Bonchev–Trinajstić information content (AvgIpc) is 3.13. The maximum atomic E-state index is 13.2. The summed E-state index contributed by atoms with van der Waals surface area (Å²) in [7, 11) is 0. The van der Waals surface area contributed by atoms with Gasteiger partial charge in [-0.05, 0) is 36.2 Å². The second kappa shape index (κ2) is 8.84. The summed E-state index contributed by atoms with van der Waals surface area (Å²) in [5, 5.41) is 0. The van der Waals surface area contributed by atoms with Crippen LogP contribution in [0.5, 0.6) is 0 Å². The van der Waals surface area contributed by atoms with Gasteiger partial charge in [-0.25, -0.2) is 0 Å². The number of piperazine rings is 1. The van der Waals surface area contributed by atoms with Gasteiger partial charge in [0.1, 0.15) is 0 Å². The minimum Gasteiger partial charge on any atom is -0.368 e. The molecule has 0 saturated carbocycles. The Labute approximate surface area is 179 Å². The van der Waals surface area contributed by atoms with Crippen molar-refractivity contribution >= 4 is 11.6 Å². The van der Waals surface area contributed by atoms with Gasteiger partial charge in [0.2, 0.25) is 5.91 Å². The number of aromatic nitrogens is 1. The summed E-state index contributed by atoms with van der Waals surface area (Å²) in [5.41, 5.74) is 7.06. The van der Waals surface area contributed by atoms with Crippen LogP contribution in [0.1, 0.15) is 17.5 Å². The molecule has 31 heavy (non-hydrogen) atoms. The Kier molecular flexibility index (Phi) is 6.15. The van der Waals surface area contributed by atoms with Crippen LogP contribution in [-0.4, -0.2) is 65.5 Å². The third-order valence-corrected chi connectivity index (χ3v) is 5.96. The first kappa shape index (κ1) is 21.6. The highest BCUT2D eigenvalue weighted by Gasteiger charge is 2.38. The number of nitrogens with two attached hydrogens (primary N) is 1. The normalized spacial score (nSPS) is 22.7. The van der Waals surface area contributed by atoms with Crippen molar-refractivity contribution in [3.63, 3.8) is 0 Å². The van der Waals surface area contributed by atoms with Crippen molar-refractivity contribution in [2.75, 3.05) is 37.6 Å². The number of nitrogens with zero attached hydrogens (tertiary/aromatic N) is 4. The summed E-state index contributed by atoms with van der Waals surface area (Å²) in [4.78, 5) is 23.2. The third-order valence-electron chi connectivity index (χ3n) is 5.96. The highest BCUT2D eigenvalue weighted by molar-refractivity contribution is 5.82. The number of likely N-dealkylation sites (tertiary alicyclic amines) is 1. The summed E-state index contributed by atoms with van der Waals surface area (Å²) >= 11 is 0. The molecule has 3 heterocycles. The van der Waals surface area contributed by atoms with Gasteiger partial charge >= 0.3 is 6.18 Å². The summed E-state index contributed by atoms with van der Waals surface area (Å²) < 4.78 is 39.0. The van der Waals surface area contributed by atoms with Crippen molar-refractivity contribution in [3.8, 4) is 0 Å². The molecule has 4 rings (SSSR count). The van der Waals surface area contributed by atoms with Crippen LogP contribution in [-0.2, 0) is 17.5 Å². The molecule has 0 unspecified atom stereocenters. The van der Waals surface area contributed by atoms with Crippen molar-refractivity contribution in [2.24, 2.45) is 5.73 Å². The van der Waals surface area contributed by atoms with E-state index in [0.717, 1.165) is 11.6 Å². The van der Waals surface area contributed by atoms with Gasteiger partial charge in [0, 0.05) is 63.4 Å². The van der Waals surface area contributed by atoms with Gasteiger partial charge in [0.25, 0.3) is 0 Å². The van der Waals surface area contributed by atoms with E-state index in [1.54, 1.807) is 18.5 Å². The fourth-order valence-corrected chi connectivity index (χ4v) is 4.37. The molecule has 2 fully saturated rings. The van der Waals surface area contributed by atoms with E-state index in [0.29, 0.717) is 51.4 Å². The van der Waals surface area contributed by atoms with Gasteiger partial charge in [-0.1, -0.05) is 12.1 Å². The average molecular weight is 433 g/mol. The first-order valence-electron chi connectivity index (χ1n) is 10.4. The molecule has 1 aromatic carbocycles. The molecule has 2 aliphatic rings. The summed E-state index contributed by atoms with van der Waals surface area (Å²) in [5.74, 6) is 0.0422. The summed E-state index contributed by atoms with van der Waals surface area (Å²) in [6.45, 7) is 3.20. The molecule has 0 bridgehead atoms. The predicted octanol–water partition coefficient (Wildman–Crippen LogP) is 2.35. The van der Waals surface area contributed by atoms with E-state index in [9.17, 15) is 18.0 Å². The summed E-state index contributed by atoms with van der Waals surface area (Å²) in [6, 6.07) is 8.85. The Balaban J connectivity index is 1.38. The molecular formula is C22H26F3N5O. The maximum absolute atomic E-state index is 13.2. The van der Waals surface area contributed by atoms with Crippen molar-refractivity contribution in [3.05, 3.63) is 59.9 Å². The maximum Gasteiger partial charge on any atom is 0.416 e. The quantitative estimate of drug-likeness (QED) is 0.802. The Morgan fingerprint density at radius 1 is 1.13 bits per heavy atom. The van der Waals surface area contributed by atoms with Gasteiger partial charge in [-0.15, -0.1) is 0 Å². The van der Waals surface area contributed by atoms with E-state index in [1.165, 1.54) is 12.1 Å². The van der Waals surface area contributed by atoms with Crippen LogP contribution in [0.4, 0.5) is 18.9 Å². The molecule has 1 aromatic heterocycles. The molecular weight excluding hydrogens is 407 g/mol. The number of halogens is 3. The first-order valence-corrected chi connectivity index (χ1v) is 10.4. The zero-order chi connectivity index (χ0) is 22.0. The number of carbonyl (C=O) groups is 1. The molecule has 2 saturated heterocycles. The highest BCUT2D eigenvalue weighted by Crippen LogP contribution is 2.32. The number of rotatable bonds is 4. The minimum absolute atomic E-state index is 0.0422. The number of hydrogen-bond donors (Lipinski definition) is 1. The molecule has 9 heteroatoms. The van der Waals surface area contributed by atoms with Gasteiger partial charge in [0.15, 0.2) is 0 Å². The Bertz CT molecular complexity index is 900. The summed E-state index contributed by atoms with van der Waals surface area (Å²) in [6.07, 6.45) is -0.259. The second-order valence-corrected chi connectivity index (χ2v) is 8.16. The van der Waals surface area contributed by atoms with Crippen LogP contribution in [0.25, 0.3) is 0 Å². The van der Waals surface area contributed by atoms with Gasteiger partial charge in [-0.3, -0.25) is 14.7 Å². The van der Waals surface area contributed by atoms with E-state index in [1.807, 2.05) is 21.9 Å². The first-order chi connectivity index (χ1) is 14.8. The van der Waals surface area contributed by atoms with Gasteiger partial charge in [0.05, 0.1) is 11.6 Å². The molecule has 2 aromatic rings. The zero-order valence-electron chi connectivity index (χ0n) is 17.1. The molecule has 0 aliphatic carbocycles. The van der Waals surface area contributed by atoms with E-state index < -0.39 is 11.7 Å². The number of anilines is 1. The molecule has 0 spiro atoms. The molecule has 0 radical (unpaired) electrons. The van der Waals surface area contributed by atoms with E-state index in [2.05, 4.69) is 9.88 Å². The number of benzene rings is 1. The van der Waals surface area contributed by atoms with E-state index >= 15 is 0 Å². The molecule has 6 nitrogen and oxygen atoms in total. The van der Waals surface area contributed by atoms with Gasteiger partial charge < -0.3 is 15.5 Å². The lowest BCUT2D eigenvalue weighted by atomic mass is 10.1. The Hall–Kier alpha value is -2.65. The molecule has 166 valence electrons. The largest absolute Gasteiger partial charge is 0.416 e. The Morgan fingerprint density at radius 3 is 2.58 bits per heavy atom. The minimum atomic E-state index is -4.37. The van der Waals surface area contributed by atoms with Crippen molar-refractivity contribution in [2.45, 2.75) is 31.2 Å². The smallest absolute Gasteiger partial charge is 0.368 e. The monoisotopic (exact) mass is 433 g/mol. The van der Waals surface area contributed by atoms with Crippen LogP contribution in [0.15, 0.2) is 48.8 Å². The van der Waals surface area contributed by atoms with Crippen molar-refractivity contribution < 1.29 is 18.0 Å². The fourth-order valence-electron chi connectivity index (χ4n) is 4.37. The number of amides is 1. The molecule has 2 atom stereocenters. The van der Waals surface area contributed by atoms with Crippen LogP contribution in [0, 0.1) is 0 Å². The third kappa shape index (κ3) is 4.99. The van der Waals surface area contributed by atoms with E-state index in [-0.39, 0.29) is 18.0 Å². The van der Waals surface area contributed by atoms with Crippen LogP contribution < -0.4 is 10.6 Å². The lowest BCUT2D eigenvalue weighted by molar-refractivity contribution is -0.137. The topological polar surface area (TPSA) is 65.7 Å². The zero-order valence-corrected chi connectivity index (χ0v) is 17.1. The molecule has 2 N–H and O–H groups in total. The van der Waals surface area contributed by atoms with Crippen LogP contribution >= 0.6 is 0 Å². The fraction of sp³-hybridized carbons (Fsp3) is 0.455. The highest BCUT2D eigenvalue weighted by atomic mass is 19.4. The van der Waals surface area contributed by atoms with Gasteiger partial charge in [-0.2, -0.15) is 13.2 Å².